The minimum atomic E-state index is -3.15. The van der Waals surface area contributed by atoms with Gasteiger partial charge >= 0.3 is 0 Å². The molecular formula is C20H31ClN4O3S. The molecule has 0 spiro atoms. The third-order valence-electron chi connectivity index (χ3n) is 5.79. The summed E-state index contributed by atoms with van der Waals surface area (Å²) in [4.78, 5) is 16.9. The molecule has 2 aliphatic rings. The SMILES string of the molecule is CCS(=O)(=O)N1CCN(CC(=O)NCC(c2ccccc2Cl)N2CCCC2)CC1. The Morgan fingerprint density at radius 2 is 1.76 bits per heavy atom. The van der Waals surface area contributed by atoms with E-state index in [9.17, 15) is 13.2 Å². The van der Waals surface area contributed by atoms with Crippen LogP contribution in [0.2, 0.25) is 5.02 Å². The van der Waals surface area contributed by atoms with Crippen molar-refractivity contribution in [1.29, 1.82) is 0 Å². The molecule has 3 rings (SSSR count). The van der Waals surface area contributed by atoms with Crippen LogP contribution in [-0.2, 0) is 14.8 Å². The molecule has 2 aliphatic heterocycles. The van der Waals surface area contributed by atoms with Crippen molar-refractivity contribution in [2.75, 3.05) is 58.1 Å². The molecular weight excluding hydrogens is 412 g/mol. The van der Waals surface area contributed by atoms with E-state index < -0.39 is 10.0 Å². The molecule has 2 fully saturated rings. The molecule has 2 heterocycles. The Kier molecular flexibility index (Phi) is 7.92. The molecule has 162 valence electrons. The summed E-state index contributed by atoms with van der Waals surface area (Å²) < 4.78 is 25.4. The quantitative estimate of drug-likeness (QED) is 0.661. The molecule has 0 aliphatic carbocycles. The van der Waals surface area contributed by atoms with Crippen LogP contribution in [0.5, 0.6) is 0 Å². The number of likely N-dealkylation sites (tertiary alicyclic amines) is 1. The second-order valence-electron chi connectivity index (χ2n) is 7.66. The summed E-state index contributed by atoms with van der Waals surface area (Å²) in [6.07, 6.45) is 2.33. The van der Waals surface area contributed by atoms with E-state index in [-0.39, 0.29) is 24.2 Å². The van der Waals surface area contributed by atoms with Crippen molar-refractivity contribution in [2.45, 2.75) is 25.8 Å². The van der Waals surface area contributed by atoms with Crippen LogP contribution in [0.15, 0.2) is 24.3 Å². The first-order valence-corrected chi connectivity index (χ1v) is 12.3. The van der Waals surface area contributed by atoms with Gasteiger partial charge in [-0.15, -0.1) is 0 Å². The maximum Gasteiger partial charge on any atom is 0.234 e. The van der Waals surface area contributed by atoms with Crippen molar-refractivity contribution >= 4 is 27.5 Å². The summed E-state index contributed by atoms with van der Waals surface area (Å²) in [5.74, 6) is 0.0843. The van der Waals surface area contributed by atoms with Crippen molar-refractivity contribution in [2.24, 2.45) is 0 Å². The maximum atomic E-state index is 12.5. The second-order valence-corrected chi connectivity index (χ2v) is 10.3. The van der Waals surface area contributed by atoms with Gasteiger partial charge in [0.2, 0.25) is 15.9 Å². The zero-order valence-corrected chi connectivity index (χ0v) is 18.6. The van der Waals surface area contributed by atoms with Crippen LogP contribution in [0.3, 0.4) is 0 Å². The Morgan fingerprint density at radius 3 is 2.38 bits per heavy atom. The molecule has 1 N–H and O–H groups in total. The average Bonchev–Trinajstić information content (AvgIpc) is 3.24. The van der Waals surface area contributed by atoms with Crippen LogP contribution in [0.1, 0.15) is 31.4 Å². The molecule has 0 saturated carbocycles. The highest BCUT2D eigenvalue weighted by Crippen LogP contribution is 2.29. The number of sulfonamides is 1. The number of carbonyl (C=O) groups is 1. The number of hydrogen-bond donors (Lipinski definition) is 1. The maximum absolute atomic E-state index is 12.5. The van der Waals surface area contributed by atoms with Gasteiger partial charge in [-0.05, 0) is 44.5 Å². The molecule has 0 radical (unpaired) electrons. The summed E-state index contributed by atoms with van der Waals surface area (Å²) in [6, 6.07) is 7.90. The number of amides is 1. The highest BCUT2D eigenvalue weighted by atomic mass is 35.5. The molecule has 29 heavy (non-hydrogen) atoms. The Labute approximate surface area is 179 Å². The van der Waals surface area contributed by atoms with Crippen LogP contribution < -0.4 is 5.32 Å². The number of nitrogens with one attached hydrogen (secondary N) is 1. The first kappa shape index (κ1) is 22.5. The molecule has 1 amide bonds. The minimum Gasteiger partial charge on any atom is -0.353 e. The Balaban J connectivity index is 1.52. The van der Waals surface area contributed by atoms with Crippen LogP contribution in [0.25, 0.3) is 0 Å². The fourth-order valence-electron chi connectivity index (χ4n) is 4.05. The third-order valence-corrected chi connectivity index (χ3v) is 8.02. The van der Waals surface area contributed by atoms with Gasteiger partial charge in [0.1, 0.15) is 0 Å². The van der Waals surface area contributed by atoms with E-state index in [0.717, 1.165) is 23.7 Å². The summed E-state index contributed by atoms with van der Waals surface area (Å²) in [5, 5.41) is 3.80. The third kappa shape index (κ3) is 5.92. The van der Waals surface area contributed by atoms with Gasteiger partial charge in [0, 0.05) is 37.7 Å². The summed E-state index contributed by atoms with van der Waals surface area (Å²) in [7, 11) is -3.15. The van der Waals surface area contributed by atoms with Crippen LogP contribution in [-0.4, -0.2) is 86.5 Å². The van der Waals surface area contributed by atoms with Gasteiger partial charge in [-0.2, -0.15) is 4.31 Å². The number of rotatable bonds is 8. The molecule has 2 saturated heterocycles. The van der Waals surface area contributed by atoms with Crippen molar-refractivity contribution in [3.63, 3.8) is 0 Å². The van der Waals surface area contributed by atoms with E-state index in [1.54, 1.807) is 6.92 Å². The van der Waals surface area contributed by atoms with Crippen LogP contribution in [0.4, 0.5) is 0 Å². The van der Waals surface area contributed by atoms with Crippen molar-refractivity contribution in [1.82, 2.24) is 19.4 Å². The number of hydrogen-bond acceptors (Lipinski definition) is 5. The molecule has 9 heteroatoms. The summed E-state index contributed by atoms with van der Waals surface area (Å²) in [5.41, 5.74) is 1.05. The highest BCUT2D eigenvalue weighted by molar-refractivity contribution is 7.89. The zero-order chi connectivity index (χ0) is 20.9. The molecule has 0 aromatic heterocycles. The lowest BCUT2D eigenvalue weighted by atomic mass is 10.1. The number of piperazine rings is 1. The fraction of sp³-hybridized carbons (Fsp3) is 0.650. The number of benzene rings is 1. The van der Waals surface area contributed by atoms with Crippen molar-refractivity contribution < 1.29 is 13.2 Å². The predicted octanol–water partition coefficient (Wildman–Crippen LogP) is 1.56. The topological polar surface area (TPSA) is 73.0 Å². The standard InChI is InChI=1S/C20H31ClN4O3S/c1-2-29(27,28)25-13-11-23(12-14-25)16-20(26)22-15-19(24-9-5-6-10-24)17-7-3-4-8-18(17)21/h3-4,7-8,19H,2,5-6,9-16H2,1H3,(H,22,26). The van der Waals surface area contributed by atoms with E-state index in [4.69, 9.17) is 11.6 Å². The summed E-state index contributed by atoms with van der Waals surface area (Å²) in [6.45, 7) is 6.53. The molecule has 1 unspecified atom stereocenters. The lowest BCUT2D eigenvalue weighted by Gasteiger charge is -2.33. The van der Waals surface area contributed by atoms with Gasteiger partial charge in [0.15, 0.2) is 0 Å². The van der Waals surface area contributed by atoms with Crippen LogP contribution >= 0.6 is 11.6 Å². The Hall–Kier alpha value is -1.19. The van der Waals surface area contributed by atoms with Gasteiger partial charge in [-0.25, -0.2) is 8.42 Å². The summed E-state index contributed by atoms with van der Waals surface area (Å²) >= 11 is 6.43. The predicted molar refractivity (Wildman–Crippen MR) is 115 cm³/mol. The normalized spacial score (nSPS) is 20.6. The molecule has 0 bridgehead atoms. The molecule has 7 nitrogen and oxygen atoms in total. The number of nitrogens with zero attached hydrogens (tertiary/aromatic N) is 3. The van der Waals surface area contributed by atoms with Gasteiger partial charge in [0.05, 0.1) is 18.3 Å². The Morgan fingerprint density at radius 1 is 1.10 bits per heavy atom. The zero-order valence-electron chi connectivity index (χ0n) is 17.0. The van der Waals surface area contributed by atoms with Crippen molar-refractivity contribution in [3.8, 4) is 0 Å². The smallest absolute Gasteiger partial charge is 0.234 e. The minimum absolute atomic E-state index is 0.0342. The van der Waals surface area contributed by atoms with E-state index in [1.807, 2.05) is 29.2 Å². The molecule has 1 aromatic rings. The lowest BCUT2D eigenvalue weighted by Crippen LogP contribution is -2.51. The largest absolute Gasteiger partial charge is 0.353 e. The van der Waals surface area contributed by atoms with E-state index in [0.29, 0.717) is 32.7 Å². The van der Waals surface area contributed by atoms with E-state index >= 15 is 0 Å². The number of halogens is 1. The lowest BCUT2D eigenvalue weighted by molar-refractivity contribution is -0.122. The van der Waals surface area contributed by atoms with Gasteiger partial charge in [-0.3, -0.25) is 14.6 Å². The van der Waals surface area contributed by atoms with E-state index in [2.05, 4.69) is 10.2 Å². The Bertz CT molecular complexity index is 791. The first-order valence-electron chi connectivity index (χ1n) is 10.4. The van der Waals surface area contributed by atoms with Gasteiger partial charge < -0.3 is 5.32 Å². The molecule has 1 aromatic carbocycles. The second kappa shape index (κ2) is 10.2. The molecule has 1 atom stereocenters. The van der Waals surface area contributed by atoms with Gasteiger partial charge in [-0.1, -0.05) is 29.8 Å². The average molecular weight is 443 g/mol. The van der Waals surface area contributed by atoms with Crippen molar-refractivity contribution in [3.05, 3.63) is 34.9 Å². The highest BCUT2D eigenvalue weighted by Gasteiger charge is 2.28. The fourth-order valence-corrected chi connectivity index (χ4v) is 5.40. The van der Waals surface area contributed by atoms with Crippen LogP contribution in [0, 0.1) is 0 Å². The van der Waals surface area contributed by atoms with E-state index in [1.165, 1.54) is 17.1 Å². The van der Waals surface area contributed by atoms with Gasteiger partial charge in [0.25, 0.3) is 0 Å². The number of carbonyl (C=O) groups excluding carboxylic acids is 1. The monoisotopic (exact) mass is 442 g/mol. The first-order chi connectivity index (χ1) is 13.9.